The Balaban J connectivity index is 1.60. The van der Waals surface area contributed by atoms with Crippen LogP contribution >= 0.6 is 0 Å². The van der Waals surface area contributed by atoms with Crippen LogP contribution in [0, 0.1) is 5.92 Å². The summed E-state index contributed by atoms with van der Waals surface area (Å²) in [6, 6.07) is 0.776. The lowest BCUT2D eigenvalue weighted by Gasteiger charge is -2.28. The van der Waals surface area contributed by atoms with Gasteiger partial charge in [-0.1, -0.05) is 0 Å². The Morgan fingerprint density at radius 3 is 2.57 bits per heavy atom. The van der Waals surface area contributed by atoms with E-state index in [1.54, 1.807) is 0 Å². The molecular weight excluding hydrogens is 174 g/mol. The zero-order valence-corrected chi connectivity index (χ0v) is 9.02. The Hall–Kier alpha value is -0.120. The Kier molecular flexibility index (Phi) is 4.22. The monoisotopic (exact) mass is 197 g/mol. The van der Waals surface area contributed by atoms with Crippen molar-refractivity contribution < 1.29 is 0 Å². The van der Waals surface area contributed by atoms with E-state index in [2.05, 4.69) is 16.0 Å². The summed E-state index contributed by atoms with van der Waals surface area (Å²) < 4.78 is 0. The molecule has 3 heteroatoms. The van der Waals surface area contributed by atoms with E-state index >= 15 is 0 Å². The molecule has 2 saturated heterocycles. The summed E-state index contributed by atoms with van der Waals surface area (Å²) >= 11 is 0. The van der Waals surface area contributed by atoms with Gasteiger partial charge in [0.05, 0.1) is 0 Å². The van der Waals surface area contributed by atoms with Gasteiger partial charge in [0.25, 0.3) is 0 Å². The maximum absolute atomic E-state index is 3.71. The molecule has 0 spiro atoms. The van der Waals surface area contributed by atoms with E-state index in [-0.39, 0.29) is 0 Å². The first-order valence-electron chi connectivity index (χ1n) is 6.10. The molecule has 0 aliphatic carbocycles. The molecule has 2 aliphatic heterocycles. The van der Waals surface area contributed by atoms with E-state index in [0.717, 1.165) is 12.0 Å². The van der Waals surface area contributed by atoms with E-state index in [1.165, 1.54) is 58.4 Å². The fourth-order valence-corrected chi connectivity index (χ4v) is 2.46. The summed E-state index contributed by atoms with van der Waals surface area (Å²) in [6.45, 7) is 6.06. The highest BCUT2D eigenvalue weighted by Gasteiger charge is 2.16. The second-order valence-electron chi connectivity index (χ2n) is 4.64. The molecular formula is C11H23N3. The van der Waals surface area contributed by atoms with Crippen LogP contribution in [0.2, 0.25) is 0 Å². The number of piperidine rings is 2. The molecule has 2 aliphatic rings. The number of nitrogens with one attached hydrogen (secondary N) is 3. The molecule has 3 nitrogen and oxygen atoms in total. The number of rotatable bonds is 3. The van der Waals surface area contributed by atoms with Crippen molar-refractivity contribution in [1.29, 1.82) is 0 Å². The van der Waals surface area contributed by atoms with Crippen LogP contribution in [0.3, 0.4) is 0 Å². The molecule has 0 radical (unpaired) electrons. The molecule has 2 heterocycles. The summed E-state index contributed by atoms with van der Waals surface area (Å²) in [5.74, 6) is 0.874. The fraction of sp³-hybridized carbons (Fsp3) is 1.00. The molecule has 2 fully saturated rings. The Morgan fingerprint density at radius 1 is 1.00 bits per heavy atom. The third-order valence-corrected chi connectivity index (χ3v) is 3.43. The maximum Gasteiger partial charge on any atom is 0.00913 e. The minimum absolute atomic E-state index is 0.776. The number of hydrogen-bond acceptors (Lipinski definition) is 3. The van der Waals surface area contributed by atoms with Crippen molar-refractivity contribution in [3.05, 3.63) is 0 Å². The topological polar surface area (TPSA) is 36.1 Å². The van der Waals surface area contributed by atoms with E-state index < -0.39 is 0 Å². The van der Waals surface area contributed by atoms with Gasteiger partial charge < -0.3 is 16.0 Å². The van der Waals surface area contributed by atoms with Crippen LogP contribution < -0.4 is 16.0 Å². The highest BCUT2D eigenvalue weighted by Crippen LogP contribution is 2.10. The van der Waals surface area contributed by atoms with Crippen molar-refractivity contribution in [2.45, 2.75) is 31.7 Å². The average molecular weight is 197 g/mol. The zero-order valence-electron chi connectivity index (χ0n) is 9.02. The van der Waals surface area contributed by atoms with Gasteiger partial charge in [0.1, 0.15) is 0 Å². The van der Waals surface area contributed by atoms with Crippen LogP contribution in [0.4, 0.5) is 0 Å². The lowest BCUT2D eigenvalue weighted by atomic mass is 9.98. The highest BCUT2D eigenvalue weighted by atomic mass is 15.0. The van der Waals surface area contributed by atoms with Crippen molar-refractivity contribution in [3.63, 3.8) is 0 Å². The Labute approximate surface area is 87.0 Å². The lowest BCUT2D eigenvalue weighted by Crippen LogP contribution is -2.44. The molecule has 82 valence electrons. The molecule has 0 saturated carbocycles. The minimum Gasteiger partial charge on any atom is -0.317 e. The number of hydrogen-bond donors (Lipinski definition) is 3. The molecule has 3 N–H and O–H groups in total. The second kappa shape index (κ2) is 5.69. The lowest BCUT2D eigenvalue weighted by molar-refractivity contribution is 0.316. The molecule has 0 aromatic rings. The summed E-state index contributed by atoms with van der Waals surface area (Å²) in [5.41, 5.74) is 0. The van der Waals surface area contributed by atoms with Crippen LogP contribution in [0.15, 0.2) is 0 Å². The third kappa shape index (κ3) is 3.23. The SMILES string of the molecule is C1CNCC(CNC2CCNCC2)C1. The predicted octanol–water partition coefficient (Wildman–Crippen LogP) is 0.328. The van der Waals surface area contributed by atoms with Gasteiger partial charge in [0.2, 0.25) is 0 Å². The highest BCUT2D eigenvalue weighted by molar-refractivity contribution is 4.77. The standard InChI is InChI=1S/C11H23N3/c1-2-10(8-13-5-1)9-14-11-3-6-12-7-4-11/h10-14H,1-9H2. The largest absolute Gasteiger partial charge is 0.317 e. The van der Waals surface area contributed by atoms with Crippen LogP contribution in [-0.4, -0.2) is 38.8 Å². The van der Waals surface area contributed by atoms with Gasteiger partial charge in [-0.25, -0.2) is 0 Å². The first-order valence-corrected chi connectivity index (χ1v) is 6.10. The van der Waals surface area contributed by atoms with Crippen molar-refractivity contribution in [3.8, 4) is 0 Å². The van der Waals surface area contributed by atoms with Crippen molar-refractivity contribution in [2.24, 2.45) is 5.92 Å². The van der Waals surface area contributed by atoms with Gasteiger partial charge in [-0.15, -0.1) is 0 Å². The van der Waals surface area contributed by atoms with Gasteiger partial charge in [-0.2, -0.15) is 0 Å². The molecule has 0 aromatic carbocycles. The molecule has 0 amide bonds. The van der Waals surface area contributed by atoms with Gasteiger partial charge >= 0.3 is 0 Å². The van der Waals surface area contributed by atoms with E-state index in [0.29, 0.717) is 0 Å². The summed E-state index contributed by atoms with van der Waals surface area (Å²) in [4.78, 5) is 0. The van der Waals surface area contributed by atoms with E-state index in [1.807, 2.05) is 0 Å². The minimum atomic E-state index is 0.776. The molecule has 2 rings (SSSR count). The maximum atomic E-state index is 3.71. The summed E-state index contributed by atoms with van der Waals surface area (Å²) in [7, 11) is 0. The van der Waals surface area contributed by atoms with Crippen LogP contribution in [0.1, 0.15) is 25.7 Å². The van der Waals surface area contributed by atoms with Crippen LogP contribution in [-0.2, 0) is 0 Å². The van der Waals surface area contributed by atoms with Crippen molar-refractivity contribution >= 4 is 0 Å². The average Bonchev–Trinajstić information content (AvgIpc) is 2.29. The fourth-order valence-electron chi connectivity index (χ4n) is 2.46. The van der Waals surface area contributed by atoms with Crippen molar-refractivity contribution in [2.75, 3.05) is 32.7 Å². The molecule has 0 aromatic heterocycles. The first-order chi connectivity index (χ1) is 6.95. The molecule has 14 heavy (non-hydrogen) atoms. The summed E-state index contributed by atoms with van der Waals surface area (Å²) in [5, 5.41) is 10.6. The second-order valence-corrected chi connectivity index (χ2v) is 4.64. The molecule has 1 unspecified atom stereocenters. The Morgan fingerprint density at radius 2 is 1.86 bits per heavy atom. The third-order valence-electron chi connectivity index (χ3n) is 3.43. The Bertz CT molecular complexity index is 131. The van der Waals surface area contributed by atoms with Crippen molar-refractivity contribution in [1.82, 2.24) is 16.0 Å². The van der Waals surface area contributed by atoms with Gasteiger partial charge in [-0.3, -0.25) is 0 Å². The van der Waals surface area contributed by atoms with E-state index in [9.17, 15) is 0 Å². The van der Waals surface area contributed by atoms with Gasteiger partial charge in [0, 0.05) is 6.04 Å². The normalized spacial score (nSPS) is 30.4. The summed E-state index contributed by atoms with van der Waals surface area (Å²) in [6.07, 6.45) is 5.38. The van der Waals surface area contributed by atoms with Gasteiger partial charge in [-0.05, 0) is 64.3 Å². The van der Waals surface area contributed by atoms with Gasteiger partial charge in [0.15, 0.2) is 0 Å². The smallest absolute Gasteiger partial charge is 0.00913 e. The predicted molar refractivity (Wildman–Crippen MR) is 59.5 cm³/mol. The zero-order chi connectivity index (χ0) is 9.64. The molecule has 1 atom stereocenters. The first kappa shape index (κ1) is 10.4. The quantitative estimate of drug-likeness (QED) is 0.610. The van der Waals surface area contributed by atoms with Crippen LogP contribution in [0.25, 0.3) is 0 Å². The van der Waals surface area contributed by atoms with E-state index in [4.69, 9.17) is 0 Å². The van der Waals surface area contributed by atoms with Crippen LogP contribution in [0.5, 0.6) is 0 Å². The molecule has 0 bridgehead atoms.